The van der Waals surface area contributed by atoms with Gasteiger partial charge in [0.1, 0.15) is 12.7 Å². The molecule has 5 heteroatoms. The molecule has 0 amide bonds. The second-order valence-electron chi connectivity index (χ2n) is 3.26. The number of ether oxygens (including phenoxy) is 3. The Balaban J connectivity index is 1.91. The summed E-state index contributed by atoms with van der Waals surface area (Å²) in [6.07, 6.45) is 0.0439. The third-order valence-electron chi connectivity index (χ3n) is 2.14. The first kappa shape index (κ1) is 11.5. The van der Waals surface area contributed by atoms with Gasteiger partial charge in [-0.15, -0.1) is 0 Å². The van der Waals surface area contributed by atoms with Crippen LogP contribution in [0, 0.1) is 0 Å². The van der Waals surface area contributed by atoms with Gasteiger partial charge in [-0.25, -0.2) is 0 Å². The van der Waals surface area contributed by atoms with E-state index in [2.05, 4.69) is 0 Å². The highest BCUT2D eigenvalue weighted by atomic mass is 32.2. The van der Waals surface area contributed by atoms with Crippen molar-refractivity contribution in [1.29, 1.82) is 0 Å². The molecule has 1 atom stereocenters. The van der Waals surface area contributed by atoms with Crippen LogP contribution in [0.15, 0.2) is 24.3 Å². The summed E-state index contributed by atoms with van der Waals surface area (Å²) in [5, 5.41) is 0. The highest BCUT2D eigenvalue weighted by Gasteiger charge is 2.22. The molecule has 1 aliphatic heterocycles. The van der Waals surface area contributed by atoms with Gasteiger partial charge in [0.25, 0.3) is 0 Å². The molecule has 0 N–H and O–H groups in total. The average Bonchev–Trinajstić information content (AvgIpc) is 2.73. The van der Waals surface area contributed by atoms with Crippen molar-refractivity contribution in [2.24, 2.45) is 0 Å². The van der Waals surface area contributed by atoms with Crippen LogP contribution in [0.1, 0.15) is 0 Å². The summed E-state index contributed by atoms with van der Waals surface area (Å²) in [6, 6.07) is 7.55. The molecule has 86 valence electrons. The van der Waals surface area contributed by atoms with E-state index in [1.807, 2.05) is 24.3 Å². The summed E-state index contributed by atoms with van der Waals surface area (Å²) in [5.41, 5.74) is 0. The fraction of sp³-hybridized carbons (Fsp3) is 0.364. The molecule has 0 saturated carbocycles. The van der Waals surface area contributed by atoms with Gasteiger partial charge in [0.05, 0.1) is 7.11 Å². The van der Waals surface area contributed by atoms with Crippen molar-refractivity contribution in [3.8, 4) is 11.5 Å². The van der Waals surface area contributed by atoms with Gasteiger partial charge in [-0.05, 0) is 24.4 Å². The zero-order valence-corrected chi connectivity index (χ0v) is 10.5. The molecule has 1 aromatic carbocycles. The van der Waals surface area contributed by atoms with Gasteiger partial charge in [0.2, 0.25) is 4.38 Å². The number of thiocarbonyl (C=S) groups is 1. The van der Waals surface area contributed by atoms with E-state index in [1.165, 1.54) is 0 Å². The maximum atomic E-state index is 5.64. The summed E-state index contributed by atoms with van der Waals surface area (Å²) in [4.78, 5) is 0. The van der Waals surface area contributed by atoms with E-state index in [4.69, 9.17) is 26.4 Å². The molecule has 1 unspecified atom stereocenters. The Hall–Kier alpha value is -0.940. The van der Waals surface area contributed by atoms with E-state index < -0.39 is 0 Å². The molecule has 0 spiro atoms. The predicted molar refractivity (Wildman–Crippen MR) is 68.4 cm³/mol. The highest BCUT2D eigenvalue weighted by molar-refractivity contribution is 8.22. The fourth-order valence-corrected chi connectivity index (χ4v) is 2.40. The maximum absolute atomic E-state index is 5.64. The van der Waals surface area contributed by atoms with Crippen molar-refractivity contribution in [2.45, 2.75) is 6.10 Å². The Morgan fingerprint density at radius 1 is 1.44 bits per heavy atom. The smallest absolute Gasteiger partial charge is 0.220 e. The Kier molecular flexibility index (Phi) is 3.90. The van der Waals surface area contributed by atoms with E-state index in [9.17, 15) is 0 Å². The number of methoxy groups -OCH3 is 1. The Morgan fingerprint density at radius 3 is 2.81 bits per heavy atom. The van der Waals surface area contributed by atoms with Crippen LogP contribution >= 0.6 is 24.0 Å². The van der Waals surface area contributed by atoms with Gasteiger partial charge in [0, 0.05) is 5.75 Å². The average molecular weight is 256 g/mol. The van der Waals surface area contributed by atoms with Crippen LogP contribution in [0.25, 0.3) is 0 Å². The molecule has 1 aromatic rings. The first-order chi connectivity index (χ1) is 7.79. The number of para-hydroxylation sites is 2. The first-order valence-corrected chi connectivity index (χ1v) is 6.28. The molecule has 1 heterocycles. The summed E-state index contributed by atoms with van der Waals surface area (Å²) in [7, 11) is 1.62. The lowest BCUT2D eigenvalue weighted by molar-refractivity contribution is 0.148. The molecule has 0 radical (unpaired) electrons. The van der Waals surface area contributed by atoms with Crippen LogP contribution < -0.4 is 9.47 Å². The van der Waals surface area contributed by atoms with Crippen molar-refractivity contribution in [1.82, 2.24) is 0 Å². The quantitative estimate of drug-likeness (QED) is 0.772. The third-order valence-corrected chi connectivity index (χ3v) is 3.46. The molecule has 0 aromatic heterocycles. The van der Waals surface area contributed by atoms with Crippen molar-refractivity contribution >= 4 is 28.4 Å². The summed E-state index contributed by atoms with van der Waals surface area (Å²) >= 11 is 6.48. The SMILES string of the molecule is COc1ccccc1OCC1CSC(=S)O1. The summed E-state index contributed by atoms with van der Waals surface area (Å²) < 4.78 is 16.8. The van der Waals surface area contributed by atoms with E-state index >= 15 is 0 Å². The number of hydrogen-bond donors (Lipinski definition) is 0. The molecule has 3 nitrogen and oxygen atoms in total. The lowest BCUT2D eigenvalue weighted by Crippen LogP contribution is -2.19. The summed E-state index contributed by atoms with van der Waals surface area (Å²) in [5.74, 6) is 2.32. The second kappa shape index (κ2) is 5.41. The van der Waals surface area contributed by atoms with Crippen molar-refractivity contribution in [3.63, 3.8) is 0 Å². The number of benzene rings is 1. The maximum Gasteiger partial charge on any atom is 0.220 e. The van der Waals surface area contributed by atoms with Crippen LogP contribution in [0.2, 0.25) is 0 Å². The minimum Gasteiger partial charge on any atom is -0.493 e. The van der Waals surface area contributed by atoms with Crippen LogP contribution in [0.4, 0.5) is 0 Å². The lowest BCUT2D eigenvalue weighted by atomic mass is 10.3. The van der Waals surface area contributed by atoms with Gasteiger partial charge in [-0.3, -0.25) is 0 Å². The third kappa shape index (κ3) is 2.80. The van der Waals surface area contributed by atoms with Crippen molar-refractivity contribution < 1.29 is 14.2 Å². The molecule has 1 saturated heterocycles. The largest absolute Gasteiger partial charge is 0.493 e. The normalized spacial score (nSPS) is 19.3. The van der Waals surface area contributed by atoms with Gasteiger partial charge in [-0.2, -0.15) is 0 Å². The topological polar surface area (TPSA) is 27.7 Å². The Morgan fingerprint density at radius 2 is 2.19 bits per heavy atom. The number of hydrogen-bond acceptors (Lipinski definition) is 5. The van der Waals surface area contributed by atoms with Crippen LogP contribution in [0.3, 0.4) is 0 Å². The highest BCUT2D eigenvalue weighted by Crippen LogP contribution is 2.27. The first-order valence-electron chi connectivity index (χ1n) is 4.89. The van der Waals surface area contributed by atoms with Crippen LogP contribution in [-0.4, -0.2) is 30.0 Å². The van der Waals surface area contributed by atoms with Gasteiger partial charge >= 0.3 is 0 Å². The zero-order valence-electron chi connectivity index (χ0n) is 8.84. The van der Waals surface area contributed by atoms with Gasteiger partial charge in [0.15, 0.2) is 11.5 Å². The Bertz CT molecular complexity index is 381. The molecule has 1 fully saturated rings. The van der Waals surface area contributed by atoms with E-state index in [0.29, 0.717) is 11.0 Å². The van der Waals surface area contributed by atoms with Gasteiger partial charge in [-0.1, -0.05) is 23.9 Å². The molecule has 0 bridgehead atoms. The number of rotatable bonds is 4. The lowest BCUT2D eigenvalue weighted by Gasteiger charge is -2.13. The Labute approximate surface area is 104 Å². The van der Waals surface area contributed by atoms with Crippen LogP contribution in [-0.2, 0) is 4.74 Å². The summed E-state index contributed by atoms with van der Waals surface area (Å²) in [6.45, 7) is 0.494. The molecule has 0 aliphatic carbocycles. The molecular weight excluding hydrogens is 244 g/mol. The molecule has 2 rings (SSSR count). The fourth-order valence-electron chi connectivity index (χ4n) is 1.37. The van der Waals surface area contributed by atoms with Gasteiger partial charge < -0.3 is 14.2 Å². The van der Waals surface area contributed by atoms with E-state index in [0.717, 1.165) is 17.3 Å². The minimum atomic E-state index is 0.0439. The van der Waals surface area contributed by atoms with E-state index in [-0.39, 0.29) is 6.10 Å². The zero-order chi connectivity index (χ0) is 11.4. The molecular formula is C11H12O3S2. The van der Waals surface area contributed by atoms with Crippen molar-refractivity contribution in [3.05, 3.63) is 24.3 Å². The number of thioether (sulfide) groups is 1. The van der Waals surface area contributed by atoms with Crippen LogP contribution in [0.5, 0.6) is 11.5 Å². The monoisotopic (exact) mass is 256 g/mol. The van der Waals surface area contributed by atoms with Crippen molar-refractivity contribution in [2.75, 3.05) is 19.5 Å². The molecule has 1 aliphatic rings. The predicted octanol–water partition coefficient (Wildman–Crippen LogP) is 2.49. The standard InChI is InChI=1S/C11H12O3S2/c1-12-9-4-2-3-5-10(9)13-6-8-7-16-11(15)14-8/h2-5,8H,6-7H2,1H3. The minimum absolute atomic E-state index is 0.0439. The second-order valence-corrected chi connectivity index (χ2v) is 4.88. The molecule has 16 heavy (non-hydrogen) atoms. The van der Waals surface area contributed by atoms with E-state index in [1.54, 1.807) is 18.9 Å².